The molecule has 0 aliphatic carbocycles. The Bertz CT molecular complexity index is 390. The van der Waals surface area contributed by atoms with Gasteiger partial charge < -0.3 is 0 Å². The van der Waals surface area contributed by atoms with Gasteiger partial charge >= 0.3 is 0 Å². The van der Waals surface area contributed by atoms with Crippen LogP contribution in [0.4, 0.5) is 0 Å². The summed E-state index contributed by atoms with van der Waals surface area (Å²) in [6.07, 6.45) is 2.08. The molecule has 0 saturated heterocycles. The van der Waals surface area contributed by atoms with Crippen LogP contribution in [0.3, 0.4) is 0 Å². The lowest BCUT2D eigenvalue weighted by Crippen LogP contribution is -2.06. The Morgan fingerprint density at radius 1 is 0.933 bits per heavy atom. The maximum atomic E-state index is 11.6. The fraction of sp³-hybridized carbons (Fsp3) is 0.462. The molecular weight excluding hydrogens is 204 g/mol. The molecule has 82 valence electrons. The fourth-order valence-electron chi connectivity index (χ4n) is 2.11. The van der Waals surface area contributed by atoms with E-state index >= 15 is 0 Å². The summed E-state index contributed by atoms with van der Waals surface area (Å²) in [7, 11) is 0. The number of rotatable bonds is 2. The molecule has 1 rings (SSSR count). The Balaban J connectivity index is 3.66. The number of ketones is 1. The molecule has 0 amide bonds. The normalized spacial score (nSPS) is 10.5. The van der Waals surface area contributed by atoms with Gasteiger partial charge in [0.2, 0.25) is 0 Å². The lowest BCUT2D eigenvalue weighted by molar-refractivity contribution is 0.101. The first-order chi connectivity index (χ1) is 6.91. The van der Waals surface area contributed by atoms with E-state index in [0.29, 0.717) is 0 Å². The van der Waals surface area contributed by atoms with E-state index in [1.165, 1.54) is 16.0 Å². The first kappa shape index (κ1) is 12.3. The zero-order valence-electron chi connectivity index (χ0n) is 10.3. The molecule has 1 aromatic rings. The summed E-state index contributed by atoms with van der Waals surface area (Å²) in [6.45, 7) is 9.92. The molecule has 0 aromatic heterocycles. The van der Waals surface area contributed by atoms with Crippen LogP contribution in [0.5, 0.6) is 0 Å². The number of thioether (sulfide) groups is 1. The minimum atomic E-state index is 0.170. The van der Waals surface area contributed by atoms with Gasteiger partial charge in [-0.3, -0.25) is 4.79 Å². The van der Waals surface area contributed by atoms with Gasteiger partial charge in [-0.2, -0.15) is 0 Å². The minimum absolute atomic E-state index is 0.170. The predicted molar refractivity (Wildman–Crippen MR) is 67.2 cm³/mol. The quantitative estimate of drug-likeness (QED) is 0.558. The summed E-state index contributed by atoms with van der Waals surface area (Å²) in [5, 5.41) is 0. The largest absolute Gasteiger partial charge is 0.294 e. The lowest BCUT2D eigenvalue weighted by Gasteiger charge is -2.17. The van der Waals surface area contributed by atoms with E-state index in [-0.39, 0.29) is 5.78 Å². The Morgan fingerprint density at radius 2 is 1.33 bits per heavy atom. The molecule has 2 heteroatoms. The van der Waals surface area contributed by atoms with E-state index in [1.807, 2.05) is 13.8 Å². The average molecular weight is 222 g/mol. The summed E-state index contributed by atoms with van der Waals surface area (Å²) in [5.41, 5.74) is 5.67. The molecule has 0 N–H and O–H groups in total. The Kier molecular flexibility index (Phi) is 3.61. The van der Waals surface area contributed by atoms with Crippen molar-refractivity contribution in [1.29, 1.82) is 0 Å². The van der Waals surface area contributed by atoms with Crippen molar-refractivity contribution in [1.82, 2.24) is 0 Å². The van der Waals surface area contributed by atoms with Crippen LogP contribution in [-0.4, -0.2) is 12.0 Å². The number of benzene rings is 1. The number of Topliss-reactive ketones (excluding diaryl/α,β-unsaturated/α-hetero) is 1. The van der Waals surface area contributed by atoms with Gasteiger partial charge in [0.1, 0.15) is 0 Å². The van der Waals surface area contributed by atoms with E-state index in [0.717, 1.165) is 16.7 Å². The van der Waals surface area contributed by atoms with Gasteiger partial charge in [-0.25, -0.2) is 0 Å². The summed E-state index contributed by atoms with van der Waals surface area (Å²) in [6, 6.07) is 0. The molecule has 0 bridgehead atoms. The van der Waals surface area contributed by atoms with Crippen LogP contribution < -0.4 is 0 Å². The fourth-order valence-corrected chi connectivity index (χ4v) is 3.03. The van der Waals surface area contributed by atoms with Crippen LogP contribution in [0.25, 0.3) is 0 Å². The van der Waals surface area contributed by atoms with Gasteiger partial charge in [0, 0.05) is 10.5 Å². The average Bonchev–Trinajstić information content (AvgIpc) is 2.16. The second kappa shape index (κ2) is 4.40. The Morgan fingerprint density at radius 3 is 1.60 bits per heavy atom. The Labute approximate surface area is 96.3 Å². The van der Waals surface area contributed by atoms with Crippen LogP contribution in [0.1, 0.15) is 39.5 Å². The van der Waals surface area contributed by atoms with Gasteiger partial charge in [-0.1, -0.05) is 0 Å². The molecule has 0 aliphatic heterocycles. The number of hydrogen-bond acceptors (Lipinski definition) is 2. The van der Waals surface area contributed by atoms with Crippen molar-refractivity contribution < 1.29 is 4.79 Å². The topological polar surface area (TPSA) is 17.1 Å². The van der Waals surface area contributed by atoms with Crippen LogP contribution >= 0.6 is 11.8 Å². The molecule has 1 aromatic carbocycles. The van der Waals surface area contributed by atoms with Crippen molar-refractivity contribution in [3.05, 3.63) is 27.8 Å². The van der Waals surface area contributed by atoms with Crippen LogP contribution in [-0.2, 0) is 0 Å². The number of hydrogen-bond donors (Lipinski definition) is 0. The van der Waals surface area contributed by atoms with Crippen LogP contribution in [0.2, 0.25) is 0 Å². The van der Waals surface area contributed by atoms with E-state index < -0.39 is 0 Å². The standard InChI is InChI=1S/C13H18OS/c1-7-9(3)13(15-6)10(4)8(2)12(7)11(5)14/h1-6H3. The maximum absolute atomic E-state index is 11.6. The maximum Gasteiger partial charge on any atom is 0.160 e. The predicted octanol–water partition coefficient (Wildman–Crippen LogP) is 3.84. The monoisotopic (exact) mass is 222 g/mol. The number of carbonyl (C=O) groups is 1. The smallest absolute Gasteiger partial charge is 0.160 e. The zero-order chi connectivity index (χ0) is 11.7. The van der Waals surface area contributed by atoms with Gasteiger partial charge in [-0.05, 0) is 63.1 Å². The highest BCUT2D eigenvalue weighted by Crippen LogP contribution is 2.32. The second-order valence-electron chi connectivity index (χ2n) is 3.96. The lowest BCUT2D eigenvalue weighted by atomic mass is 9.92. The van der Waals surface area contributed by atoms with Gasteiger partial charge in [0.15, 0.2) is 5.78 Å². The molecule has 0 unspecified atom stereocenters. The molecule has 0 atom stereocenters. The number of carbonyl (C=O) groups excluding carboxylic acids is 1. The molecule has 0 aliphatic rings. The third kappa shape index (κ3) is 1.96. The molecule has 0 radical (unpaired) electrons. The molecule has 0 spiro atoms. The minimum Gasteiger partial charge on any atom is -0.294 e. The molecule has 1 nitrogen and oxygen atoms in total. The van der Waals surface area contributed by atoms with Gasteiger partial charge in [-0.15, -0.1) is 11.8 Å². The molecule has 0 heterocycles. The van der Waals surface area contributed by atoms with Gasteiger partial charge in [0.25, 0.3) is 0 Å². The van der Waals surface area contributed by atoms with Crippen molar-refractivity contribution in [3.63, 3.8) is 0 Å². The summed E-state index contributed by atoms with van der Waals surface area (Å²) < 4.78 is 0. The molecular formula is C13H18OS. The van der Waals surface area contributed by atoms with E-state index in [2.05, 4.69) is 20.1 Å². The van der Waals surface area contributed by atoms with Crippen molar-refractivity contribution in [2.24, 2.45) is 0 Å². The third-order valence-corrected chi connectivity index (χ3v) is 4.13. The van der Waals surface area contributed by atoms with Crippen LogP contribution in [0, 0.1) is 27.7 Å². The summed E-state index contributed by atoms with van der Waals surface area (Å²) >= 11 is 1.76. The van der Waals surface area contributed by atoms with Crippen LogP contribution in [0.15, 0.2) is 4.90 Å². The van der Waals surface area contributed by atoms with Crippen molar-refractivity contribution in [2.45, 2.75) is 39.5 Å². The Hall–Kier alpha value is -0.760. The van der Waals surface area contributed by atoms with E-state index in [4.69, 9.17) is 0 Å². The highest BCUT2D eigenvalue weighted by molar-refractivity contribution is 7.98. The zero-order valence-corrected chi connectivity index (χ0v) is 11.1. The summed E-state index contributed by atoms with van der Waals surface area (Å²) in [5.74, 6) is 0.170. The molecule has 0 saturated carbocycles. The first-order valence-corrected chi connectivity index (χ1v) is 6.29. The third-order valence-electron chi connectivity index (χ3n) is 3.11. The highest BCUT2D eigenvalue weighted by Gasteiger charge is 2.16. The highest BCUT2D eigenvalue weighted by atomic mass is 32.2. The second-order valence-corrected chi connectivity index (χ2v) is 4.78. The molecule has 0 fully saturated rings. The van der Waals surface area contributed by atoms with Crippen molar-refractivity contribution in [3.8, 4) is 0 Å². The van der Waals surface area contributed by atoms with Crippen molar-refractivity contribution >= 4 is 17.5 Å². The molecule has 15 heavy (non-hydrogen) atoms. The van der Waals surface area contributed by atoms with Crippen molar-refractivity contribution in [2.75, 3.05) is 6.26 Å². The first-order valence-electron chi connectivity index (χ1n) is 5.07. The van der Waals surface area contributed by atoms with E-state index in [9.17, 15) is 4.79 Å². The SMILES string of the molecule is CSc1c(C)c(C)c(C(C)=O)c(C)c1C. The van der Waals surface area contributed by atoms with E-state index in [1.54, 1.807) is 18.7 Å². The summed E-state index contributed by atoms with van der Waals surface area (Å²) in [4.78, 5) is 12.9. The van der Waals surface area contributed by atoms with Gasteiger partial charge in [0.05, 0.1) is 0 Å².